The van der Waals surface area contributed by atoms with Crippen molar-refractivity contribution in [2.45, 2.75) is 13.0 Å². The topological polar surface area (TPSA) is 70.3 Å². The normalized spacial score (nSPS) is 12.1. The summed E-state index contributed by atoms with van der Waals surface area (Å²) in [6, 6.07) is 7.11. The van der Waals surface area contributed by atoms with Gasteiger partial charge in [-0.05, 0) is 31.2 Å². The third-order valence-corrected chi connectivity index (χ3v) is 2.36. The molecule has 1 aromatic rings. The molecule has 0 bridgehead atoms. The fraction of sp³-hybridized carbons (Fsp3) is 0.167. The summed E-state index contributed by atoms with van der Waals surface area (Å²) in [7, 11) is 0. The van der Waals surface area contributed by atoms with Crippen LogP contribution < -0.4 is 4.74 Å². The molecule has 0 saturated heterocycles. The van der Waals surface area contributed by atoms with Gasteiger partial charge in [-0.2, -0.15) is 5.26 Å². The van der Waals surface area contributed by atoms with Gasteiger partial charge in [0.2, 0.25) is 0 Å². The van der Waals surface area contributed by atoms with Gasteiger partial charge in [-0.25, -0.2) is 4.79 Å². The molecule has 0 aromatic heterocycles. The molecule has 4 nitrogen and oxygen atoms in total. The summed E-state index contributed by atoms with van der Waals surface area (Å²) in [6.07, 6.45) is 1.85. The van der Waals surface area contributed by atoms with Gasteiger partial charge in [0.05, 0.1) is 0 Å². The smallest absolute Gasteiger partial charge is 0.328 e. The fourth-order valence-electron chi connectivity index (χ4n) is 1.13. The monoisotopic (exact) mass is 295 g/mol. The Balaban J connectivity index is 3.04. The van der Waals surface area contributed by atoms with Crippen LogP contribution in [0.5, 0.6) is 5.75 Å². The Morgan fingerprint density at radius 3 is 2.94 bits per heavy atom. The Morgan fingerprint density at radius 1 is 1.65 bits per heavy atom. The molecule has 0 spiro atoms. The maximum atomic E-state index is 10.5. The Labute approximate surface area is 107 Å². The molecular formula is C12H10BrNO3. The first-order valence-corrected chi connectivity index (χ1v) is 5.59. The first kappa shape index (κ1) is 13.3. The number of halogens is 1. The van der Waals surface area contributed by atoms with E-state index in [1.807, 2.05) is 6.07 Å². The lowest BCUT2D eigenvalue weighted by Gasteiger charge is -2.10. The molecule has 0 aliphatic carbocycles. The minimum absolute atomic E-state index is 0.472. The van der Waals surface area contributed by atoms with Crippen molar-refractivity contribution in [2.75, 3.05) is 0 Å². The minimum atomic E-state index is -1.04. The Bertz CT molecular complexity index is 491. The molecule has 5 heteroatoms. The molecule has 88 valence electrons. The quantitative estimate of drug-likeness (QED) is 0.867. The average Bonchev–Trinajstić information content (AvgIpc) is 2.29. The molecule has 1 aromatic carbocycles. The number of carboxylic acid groups (broad SMARTS) is 1. The van der Waals surface area contributed by atoms with Crippen molar-refractivity contribution in [3.8, 4) is 11.8 Å². The molecule has 0 aliphatic heterocycles. The standard InChI is InChI=1S/C12H10BrNO3/c1-8(7-14)17-11-4-3-10(13)6-9(11)2-5-12(15)16/h2-6,8H,1H3,(H,15,16). The third-order valence-electron chi connectivity index (χ3n) is 1.86. The van der Waals surface area contributed by atoms with Crippen LogP contribution in [0.3, 0.4) is 0 Å². The molecule has 0 amide bonds. The van der Waals surface area contributed by atoms with Crippen LogP contribution in [0, 0.1) is 11.3 Å². The molecule has 0 radical (unpaired) electrons. The van der Waals surface area contributed by atoms with Crippen LogP contribution in [0.4, 0.5) is 0 Å². The van der Waals surface area contributed by atoms with E-state index in [9.17, 15) is 4.79 Å². The maximum absolute atomic E-state index is 10.5. The number of hydrogen-bond acceptors (Lipinski definition) is 3. The van der Waals surface area contributed by atoms with E-state index in [1.165, 1.54) is 6.08 Å². The largest absolute Gasteiger partial charge is 0.478 e. The summed E-state index contributed by atoms with van der Waals surface area (Å²) in [6.45, 7) is 1.62. The van der Waals surface area contributed by atoms with Crippen LogP contribution in [0.1, 0.15) is 12.5 Å². The highest BCUT2D eigenvalue weighted by Crippen LogP contribution is 2.25. The van der Waals surface area contributed by atoms with E-state index in [0.29, 0.717) is 11.3 Å². The predicted octanol–water partition coefficient (Wildman–Crippen LogP) is 2.84. The minimum Gasteiger partial charge on any atom is -0.478 e. The Kier molecular flexibility index (Phi) is 4.73. The number of nitrogens with zero attached hydrogens (tertiary/aromatic N) is 1. The first-order valence-electron chi connectivity index (χ1n) is 4.79. The number of carbonyl (C=O) groups is 1. The number of nitriles is 1. The molecular weight excluding hydrogens is 286 g/mol. The lowest BCUT2D eigenvalue weighted by molar-refractivity contribution is -0.131. The van der Waals surface area contributed by atoms with Crippen molar-refractivity contribution in [3.05, 3.63) is 34.3 Å². The lowest BCUT2D eigenvalue weighted by Crippen LogP contribution is -2.09. The zero-order valence-electron chi connectivity index (χ0n) is 9.05. The second-order valence-corrected chi connectivity index (χ2v) is 4.16. The van der Waals surface area contributed by atoms with Gasteiger partial charge >= 0.3 is 5.97 Å². The summed E-state index contributed by atoms with van der Waals surface area (Å²) in [4.78, 5) is 10.5. The maximum Gasteiger partial charge on any atom is 0.328 e. The van der Waals surface area contributed by atoms with Crippen molar-refractivity contribution >= 4 is 28.0 Å². The second-order valence-electron chi connectivity index (χ2n) is 3.24. The van der Waals surface area contributed by atoms with Crippen molar-refractivity contribution < 1.29 is 14.6 Å². The summed E-state index contributed by atoms with van der Waals surface area (Å²) in [5.74, 6) is -0.566. The lowest BCUT2D eigenvalue weighted by atomic mass is 10.2. The van der Waals surface area contributed by atoms with E-state index in [1.54, 1.807) is 25.1 Å². The van der Waals surface area contributed by atoms with E-state index in [2.05, 4.69) is 15.9 Å². The van der Waals surface area contributed by atoms with Crippen molar-refractivity contribution in [2.24, 2.45) is 0 Å². The van der Waals surface area contributed by atoms with E-state index < -0.39 is 12.1 Å². The fourth-order valence-corrected chi connectivity index (χ4v) is 1.51. The highest BCUT2D eigenvalue weighted by molar-refractivity contribution is 9.10. The van der Waals surface area contributed by atoms with Gasteiger partial charge < -0.3 is 9.84 Å². The molecule has 1 rings (SSSR count). The van der Waals surface area contributed by atoms with E-state index in [0.717, 1.165) is 10.5 Å². The Hall–Kier alpha value is -1.80. The van der Waals surface area contributed by atoms with Gasteiger partial charge in [-0.3, -0.25) is 0 Å². The highest BCUT2D eigenvalue weighted by Gasteiger charge is 2.06. The van der Waals surface area contributed by atoms with Crippen LogP contribution in [-0.2, 0) is 4.79 Å². The molecule has 0 fully saturated rings. The SMILES string of the molecule is CC(C#N)Oc1ccc(Br)cc1C=CC(=O)O. The molecule has 0 heterocycles. The molecule has 0 aliphatic rings. The van der Waals surface area contributed by atoms with Crippen LogP contribution in [0.2, 0.25) is 0 Å². The van der Waals surface area contributed by atoms with Crippen LogP contribution in [0.15, 0.2) is 28.7 Å². The zero-order valence-corrected chi connectivity index (χ0v) is 10.6. The van der Waals surface area contributed by atoms with Crippen LogP contribution >= 0.6 is 15.9 Å². The van der Waals surface area contributed by atoms with Gasteiger partial charge in [0.1, 0.15) is 11.8 Å². The number of carboxylic acids is 1. The average molecular weight is 296 g/mol. The van der Waals surface area contributed by atoms with Gasteiger partial charge in [0.15, 0.2) is 6.10 Å². The van der Waals surface area contributed by atoms with Gasteiger partial charge in [-0.15, -0.1) is 0 Å². The van der Waals surface area contributed by atoms with Crippen LogP contribution in [0.25, 0.3) is 6.08 Å². The number of rotatable bonds is 4. The van der Waals surface area contributed by atoms with E-state index in [4.69, 9.17) is 15.1 Å². The zero-order chi connectivity index (χ0) is 12.8. The van der Waals surface area contributed by atoms with Crippen LogP contribution in [-0.4, -0.2) is 17.2 Å². The Morgan fingerprint density at radius 2 is 2.35 bits per heavy atom. The number of benzene rings is 1. The molecule has 17 heavy (non-hydrogen) atoms. The van der Waals surface area contributed by atoms with Crippen molar-refractivity contribution in [1.82, 2.24) is 0 Å². The van der Waals surface area contributed by atoms with Crippen molar-refractivity contribution in [3.63, 3.8) is 0 Å². The number of hydrogen-bond donors (Lipinski definition) is 1. The predicted molar refractivity (Wildman–Crippen MR) is 66.5 cm³/mol. The summed E-state index contributed by atoms with van der Waals surface area (Å²) in [5, 5.41) is 17.2. The van der Waals surface area contributed by atoms with Gasteiger partial charge in [-0.1, -0.05) is 15.9 Å². The highest BCUT2D eigenvalue weighted by atomic mass is 79.9. The molecule has 1 unspecified atom stereocenters. The molecule has 1 atom stereocenters. The third kappa shape index (κ3) is 4.29. The summed E-state index contributed by atoms with van der Waals surface area (Å²) in [5.41, 5.74) is 0.601. The summed E-state index contributed by atoms with van der Waals surface area (Å²) < 4.78 is 6.16. The first-order chi connectivity index (χ1) is 8.02. The second kappa shape index (κ2) is 6.06. The van der Waals surface area contributed by atoms with E-state index in [-0.39, 0.29) is 0 Å². The number of ether oxygens (including phenoxy) is 1. The van der Waals surface area contributed by atoms with Gasteiger partial charge in [0, 0.05) is 16.1 Å². The number of aliphatic carboxylic acids is 1. The van der Waals surface area contributed by atoms with Gasteiger partial charge in [0.25, 0.3) is 0 Å². The molecule has 0 saturated carbocycles. The molecule has 1 N–H and O–H groups in total. The van der Waals surface area contributed by atoms with E-state index >= 15 is 0 Å². The summed E-state index contributed by atoms with van der Waals surface area (Å²) >= 11 is 3.28. The van der Waals surface area contributed by atoms with Crippen molar-refractivity contribution in [1.29, 1.82) is 5.26 Å².